The Hall–Kier alpha value is -1.56. The molecule has 6 nitrogen and oxygen atoms in total. The van der Waals surface area contributed by atoms with Crippen molar-refractivity contribution in [3.05, 3.63) is 17.8 Å². The number of rotatable bonds is 7. The lowest BCUT2D eigenvalue weighted by atomic mass is 9.83. The van der Waals surface area contributed by atoms with Crippen molar-refractivity contribution in [3.8, 4) is 0 Å². The highest BCUT2D eigenvalue weighted by molar-refractivity contribution is 5.79. The largest absolute Gasteiger partial charge is 0.443 e. The van der Waals surface area contributed by atoms with Gasteiger partial charge in [0, 0.05) is 24.5 Å². The van der Waals surface area contributed by atoms with Crippen molar-refractivity contribution in [2.45, 2.75) is 77.8 Å². The molecule has 27 heavy (non-hydrogen) atoms. The molecule has 0 radical (unpaired) electrons. The van der Waals surface area contributed by atoms with Crippen molar-refractivity contribution in [2.75, 3.05) is 27.2 Å². The number of nitrogens with one attached hydrogen (secondary N) is 2. The molecule has 2 N–H and O–H groups in total. The van der Waals surface area contributed by atoms with Crippen LogP contribution in [0.1, 0.15) is 71.5 Å². The van der Waals surface area contributed by atoms with Crippen LogP contribution in [0.5, 0.6) is 0 Å². The number of aromatic nitrogens is 1. The molecular formula is C21H39N5O. The van der Waals surface area contributed by atoms with E-state index in [9.17, 15) is 0 Å². The first-order valence-corrected chi connectivity index (χ1v) is 10.4. The SMILES string of the molecule is CCNC(=NCc1ncc(C(C)(C)C)o1)NCC(C1CCCCC1)N(C)C. The van der Waals surface area contributed by atoms with E-state index in [2.05, 4.69) is 67.3 Å². The maximum absolute atomic E-state index is 5.85. The highest BCUT2D eigenvalue weighted by Crippen LogP contribution is 2.28. The number of nitrogens with zero attached hydrogens (tertiary/aromatic N) is 3. The van der Waals surface area contributed by atoms with E-state index in [-0.39, 0.29) is 5.41 Å². The number of aliphatic imine (C=N–C) groups is 1. The zero-order valence-electron chi connectivity index (χ0n) is 18.1. The smallest absolute Gasteiger partial charge is 0.216 e. The number of hydrogen-bond acceptors (Lipinski definition) is 4. The standard InChI is InChI=1S/C21H39N5O/c1-7-22-20(25-15-19-23-14-18(27-19)21(2,3)4)24-13-17(26(5)6)16-11-9-8-10-12-16/h14,16-17H,7-13,15H2,1-6H3,(H2,22,24,25). The summed E-state index contributed by atoms with van der Waals surface area (Å²) >= 11 is 0. The minimum Gasteiger partial charge on any atom is -0.443 e. The summed E-state index contributed by atoms with van der Waals surface area (Å²) in [6.07, 6.45) is 8.61. The Bertz CT molecular complexity index is 582. The van der Waals surface area contributed by atoms with Crippen molar-refractivity contribution < 1.29 is 4.42 Å². The van der Waals surface area contributed by atoms with Crippen LogP contribution >= 0.6 is 0 Å². The van der Waals surface area contributed by atoms with Crippen molar-refractivity contribution in [3.63, 3.8) is 0 Å². The maximum Gasteiger partial charge on any atom is 0.216 e. The first kappa shape index (κ1) is 21.7. The van der Waals surface area contributed by atoms with Gasteiger partial charge in [0.05, 0.1) is 6.20 Å². The highest BCUT2D eigenvalue weighted by Gasteiger charge is 2.25. The summed E-state index contributed by atoms with van der Waals surface area (Å²) in [5.74, 6) is 3.16. The van der Waals surface area contributed by atoms with E-state index in [0.29, 0.717) is 18.5 Å². The predicted octanol–water partition coefficient (Wildman–Crippen LogP) is 3.54. The molecule has 0 aliphatic heterocycles. The number of guanidine groups is 1. The molecule has 1 unspecified atom stereocenters. The molecule has 1 fully saturated rings. The molecule has 0 aromatic carbocycles. The zero-order chi connectivity index (χ0) is 19.9. The van der Waals surface area contributed by atoms with Crippen molar-refractivity contribution in [1.29, 1.82) is 0 Å². The maximum atomic E-state index is 5.85. The van der Waals surface area contributed by atoms with E-state index < -0.39 is 0 Å². The molecule has 154 valence electrons. The molecule has 1 atom stereocenters. The Morgan fingerprint density at radius 1 is 1.26 bits per heavy atom. The first-order valence-electron chi connectivity index (χ1n) is 10.4. The Morgan fingerprint density at radius 3 is 2.52 bits per heavy atom. The van der Waals surface area contributed by atoms with Crippen LogP contribution in [-0.4, -0.2) is 49.1 Å². The minimum atomic E-state index is -0.0311. The normalized spacial score (nSPS) is 18.0. The predicted molar refractivity (Wildman–Crippen MR) is 112 cm³/mol. The van der Waals surface area contributed by atoms with Gasteiger partial charge in [0.1, 0.15) is 12.3 Å². The fourth-order valence-corrected chi connectivity index (χ4v) is 3.71. The summed E-state index contributed by atoms with van der Waals surface area (Å²) in [5, 5.41) is 6.87. The van der Waals surface area contributed by atoms with E-state index in [1.807, 2.05) is 6.20 Å². The Balaban J connectivity index is 1.96. The second-order valence-corrected chi connectivity index (χ2v) is 8.87. The minimum absolute atomic E-state index is 0.0311. The lowest BCUT2D eigenvalue weighted by Crippen LogP contribution is -2.48. The van der Waals surface area contributed by atoms with E-state index >= 15 is 0 Å². The molecule has 6 heteroatoms. The first-order chi connectivity index (χ1) is 12.8. The van der Waals surface area contributed by atoms with Crippen LogP contribution in [0.2, 0.25) is 0 Å². The molecule has 1 heterocycles. The molecule has 1 aliphatic rings. The van der Waals surface area contributed by atoms with Gasteiger partial charge in [-0.05, 0) is 39.8 Å². The quantitative estimate of drug-likeness (QED) is 0.562. The van der Waals surface area contributed by atoms with Gasteiger partial charge in [-0.1, -0.05) is 40.0 Å². The third-order valence-electron chi connectivity index (χ3n) is 5.35. The molecule has 0 bridgehead atoms. The Kier molecular flexibility index (Phi) is 8.14. The van der Waals surface area contributed by atoms with Gasteiger partial charge < -0.3 is 20.0 Å². The zero-order valence-corrected chi connectivity index (χ0v) is 18.1. The van der Waals surface area contributed by atoms with E-state index in [1.165, 1.54) is 32.1 Å². The summed E-state index contributed by atoms with van der Waals surface area (Å²) in [7, 11) is 4.37. The molecule has 1 aromatic heterocycles. The van der Waals surface area contributed by atoms with Crippen LogP contribution in [-0.2, 0) is 12.0 Å². The van der Waals surface area contributed by atoms with Gasteiger partial charge in [0.15, 0.2) is 5.96 Å². The average molecular weight is 378 g/mol. The van der Waals surface area contributed by atoms with Crippen LogP contribution in [0.4, 0.5) is 0 Å². The molecule has 1 saturated carbocycles. The summed E-state index contributed by atoms with van der Waals surface area (Å²) in [5.41, 5.74) is -0.0311. The van der Waals surface area contributed by atoms with Gasteiger partial charge >= 0.3 is 0 Å². The van der Waals surface area contributed by atoms with Gasteiger partial charge in [0.2, 0.25) is 5.89 Å². The van der Waals surface area contributed by atoms with E-state index in [1.54, 1.807) is 0 Å². The van der Waals surface area contributed by atoms with Gasteiger partial charge in [-0.25, -0.2) is 9.98 Å². The van der Waals surface area contributed by atoms with Crippen LogP contribution in [0.15, 0.2) is 15.6 Å². The fourth-order valence-electron chi connectivity index (χ4n) is 3.71. The third kappa shape index (κ3) is 6.83. The van der Waals surface area contributed by atoms with E-state index in [0.717, 1.165) is 30.7 Å². The van der Waals surface area contributed by atoms with Gasteiger partial charge in [-0.15, -0.1) is 0 Å². The molecular weight excluding hydrogens is 338 g/mol. The number of hydrogen-bond donors (Lipinski definition) is 2. The molecule has 1 aromatic rings. The number of likely N-dealkylation sites (N-methyl/N-ethyl adjacent to an activating group) is 1. The van der Waals surface area contributed by atoms with Crippen LogP contribution in [0.25, 0.3) is 0 Å². The van der Waals surface area contributed by atoms with Crippen LogP contribution in [0, 0.1) is 5.92 Å². The van der Waals surface area contributed by atoms with Gasteiger partial charge in [-0.2, -0.15) is 0 Å². The van der Waals surface area contributed by atoms with Gasteiger partial charge in [0.25, 0.3) is 0 Å². The summed E-state index contributed by atoms with van der Waals surface area (Å²) in [4.78, 5) is 11.4. The van der Waals surface area contributed by atoms with Crippen LogP contribution in [0.3, 0.4) is 0 Å². The Labute approximate surface area is 165 Å². The lowest BCUT2D eigenvalue weighted by molar-refractivity contribution is 0.171. The topological polar surface area (TPSA) is 65.7 Å². The fraction of sp³-hybridized carbons (Fsp3) is 0.810. The summed E-state index contributed by atoms with van der Waals surface area (Å²) < 4.78 is 5.85. The molecule has 2 rings (SSSR count). The van der Waals surface area contributed by atoms with Crippen molar-refractivity contribution >= 4 is 5.96 Å². The average Bonchev–Trinajstić information content (AvgIpc) is 3.10. The van der Waals surface area contributed by atoms with E-state index in [4.69, 9.17) is 4.42 Å². The highest BCUT2D eigenvalue weighted by atomic mass is 16.4. The van der Waals surface area contributed by atoms with Crippen molar-refractivity contribution in [2.24, 2.45) is 10.9 Å². The molecule has 0 spiro atoms. The van der Waals surface area contributed by atoms with Crippen molar-refractivity contribution in [1.82, 2.24) is 20.5 Å². The van der Waals surface area contributed by atoms with Gasteiger partial charge in [-0.3, -0.25) is 0 Å². The number of oxazole rings is 1. The second kappa shape index (κ2) is 10.1. The molecule has 1 aliphatic carbocycles. The monoisotopic (exact) mass is 377 g/mol. The lowest BCUT2D eigenvalue weighted by Gasteiger charge is -2.35. The van der Waals surface area contributed by atoms with Crippen LogP contribution < -0.4 is 10.6 Å². The molecule has 0 saturated heterocycles. The molecule has 0 amide bonds. The Morgan fingerprint density at radius 2 is 1.96 bits per heavy atom. The second-order valence-electron chi connectivity index (χ2n) is 8.87. The summed E-state index contributed by atoms with van der Waals surface area (Å²) in [6.45, 7) is 10.6. The third-order valence-corrected chi connectivity index (χ3v) is 5.35. The summed E-state index contributed by atoms with van der Waals surface area (Å²) in [6, 6.07) is 0.531.